The number of likely N-dealkylation sites (N-methyl/N-ethyl adjacent to an activating group) is 1. The van der Waals surface area contributed by atoms with E-state index in [4.69, 9.17) is 4.74 Å². The van der Waals surface area contributed by atoms with Gasteiger partial charge in [0.25, 0.3) is 5.91 Å². The molecule has 3 amide bonds. The maximum Gasteiger partial charge on any atom is 0.433 e. The summed E-state index contributed by atoms with van der Waals surface area (Å²) in [6.45, 7) is 4.96. The lowest BCUT2D eigenvalue weighted by Crippen LogP contribution is -2.34. The Balaban J connectivity index is 1.54. The number of esters is 1. The highest BCUT2D eigenvalue weighted by molar-refractivity contribution is 6.13. The average molecular weight is 506 g/mol. The molecule has 3 heterocycles. The first-order chi connectivity index (χ1) is 16.7. The van der Waals surface area contributed by atoms with Crippen LogP contribution in [0.1, 0.15) is 57.3 Å². The molecule has 13 heteroatoms. The monoisotopic (exact) mass is 506 g/mol. The Kier molecular flexibility index (Phi) is 6.35. The summed E-state index contributed by atoms with van der Waals surface area (Å²) < 4.78 is 46.4. The van der Waals surface area contributed by atoms with Crippen LogP contribution in [0.2, 0.25) is 0 Å². The number of rotatable bonds is 6. The fourth-order valence-corrected chi connectivity index (χ4v) is 3.60. The number of alkyl halides is 3. The molecule has 2 aromatic rings. The summed E-state index contributed by atoms with van der Waals surface area (Å²) in [6, 6.07) is 1.79. The molecule has 192 valence electrons. The van der Waals surface area contributed by atoms with Crippen LogP contribution in [-0.4, -0.2) is 66.6 Å². The van der Waals surface area contributed by atoms with Gasteiger partial charge in [-0.3, -0.25) is 19.4 Å². The number of pyridine rings is 1. The second kappa shape index (κ2) is 9.03. The van der Waals surface area contributed by atoms with Crippen molar-refractivity contribution in [1.29, 1.82) is 0 Å². The smallest absolute Gasteiger partial charge is 0.433 e. The van der Waals surface area contributed by atoms with Crippen molar-refractivity contribution >= 4 is 24.1 Å². The number of carbonyl (C=O) groups is 3. The molecule has 0 bridgehead atoms. The third-order valence-corrected chi connectivity index (χ3v) is 5.46. The summed E-state index contributed by atoms with van der Waals surface area (Å²) in [4.78, 5) is 47.2. The summed E-state index contributed by atoms with van der Waals surface area (Å²) in [6.07, 6.45) is -0.772. The Morgan fingerprint density at radius 3 is 2.50 bits per heavy atom. The van der Waals surface area contributed by atoms with E-state index >= 15 is 0 Å². The van der Waals surface area contributed by atoms with Crippen LogP contribution >= 0.6 is 0 Å². The average Bonchev–Trinajstić information content (AvgIpc) is 3.48. The van der Waals surface area contributed by atoms with Crippen LogP contribution in [0.5, 0.6) is 0 Å². The largest absolute Gasteiger partial charge is 0.460 e. The van der Waals surface area contributed by atoms with Gasteiger partial charge in [-0.2, -0.15) is 13.2 Å². The molecule has 0 spiro atoms. The van der Waals surface area contributed by atoms with Gasteiger partial charge in [0.2, 0.25) is 0 Å². The minimum Gasteiger partial charge on any atom is -0.460 e. The van der Waals surface area contributed by atoms with Crippen LogP contribution in [0.3, 0.4) is 0 Å². The molecular weight excluding hydrogens is 481 g/mol. The predicted octanol–water partition coefficient (Wildman–Crippen LogP) is 3.66. The zero-order valence-electron chi connectivity index (χ0n) is 20.2. The van der Waals surface area contributed by atoms with Crippen molar-refractivity contribution in [1.82, 2.24) is 29.5 Å². The second-order valence-electron chi connectivity index (χ2n) is 9.64. The number of hydrogen-bond acceptors (Lipinski definition) is 7. The molecule has 0 atom stereocenters. The molecule has 0 N–H and O–H groups in total. The Bertz CT molecular complexity index is 1240. The number of nitrogens with zero attached hydrogens (tertiary/aromatic N) is 6. The zero-order chi connectivity index (χ0) is 26.4. The number of aromatic nitrogens is 4. The zero-order valence-corrected chi connectivity index (χ0v) is 20.2. The van der Waals surface area contributed by atoms with E-state index in [2.05, 4.69) is 15.1 Å². The molecular formula is C23H25F3N6O4. The lowest BCUT2D eigenvalue weighted by molar-refractivity contribution is -0.155. The van der Waals surface area contributed by atoms with Crippen molar-refractivity contribution in [3.63, 3.8) is 0 Å². The molecule has 4 rings (SSSR count). The second-order valence-corrected chi connectivity index (χ2v) is 9.64. The SMILES string of the molecule is CN1C(=O)N(CCC(=O)OC(C)(C)C)C(=O)/C1=C/n1cnc(-c2cc(C3CC3)nc(C(F)(F)F)c2)n1. The van der Waals surface area contributed by atoms with E-state index in [0.29, 0.717) is 5.69 Å². The third-order valence-electron chi connectivity index (χ3n) is 5.46. The summed E-state index contributed by atoms with van der Waals surface area (Å²) in [7, 11) is 1.39. The van der Waals surface area contributed by atoms with E-state index in [1.807, 2.05) is 0 Å². The van der Waals surface area contributed by atoms with Crippen LogP contribution in [0.4, 0.5) is 18.0 Å². The predicted molar refractivity (Wildman–Crippen MR) is 120 cm³/mol. The third kappa shape index (κ3) is 5.55. The number of carbonyl (C=O) groups excluding carboxylic acids is 3. The molecule has 0 aromatic carbocycles. The van der Waals surface area contributed by atoms with Gasteiger partial charge in [0.1, 0.15) is 23.3 Å². The lowest BCUT2D eigenvalue weighted by Gasteiger charge is -2.20. The molecule has 1 aliphatic carbocycles. The summed E-state index contributed by atoms with van der Waals surface area (Å²) in [5.41, 5.74) is -1.26. The maximum absolute atomic E-state index is 13.3. The van der Waals surface area contributed by atoms with Crippen LogP contribution in [0.15, 0.2) is 24.2 Å². The highest BCUT2D eigenvalue weighted by Crippen LogP contribution is 2.41. The van der Waals surface area contributed by atoms with Gasteiger partial charge in [0.15, 0.2) is 5.82 Å². The fraction of sp³-hybridized carbons (Fsp3) is 0.478. The van der Waals surface area contributed by atoms with Gasteiger partial charge < -0.3 is 4.74 Å². The van der Waals surface area contributed by atoms with Crippen LogP contribution < -0.4 is 0 Å². The maximum atomic E-state index is 13.3. The van der Waals surface area contributed by atoms with Gasteiger partial charge >= 0.3 is 18.2 Å². The molecule has 36 heavy (non-hydrogen) atoms. The number of amides is 3. The molecule has 0 radical (unpaired) electrons. The highest BCUT2D eigenvalue weighted by Gasteiger charge is 2.39. The van der Waals surface area contributed by atoms with Crippen molar-refractivity contribution in [2.75, 3.05) is 13.6 Å². The van der Waals surface area contributed by atoms with Gasteiger partial charge in [-0.05, 0) is 45.7 Å². The number of imide groups is 1. The van der Waals surface area contributed by atoms with Crippen molar-refractivity contribution in [3.8, 4) is 11.4 Å². The van der Waals surface area contributed by atoms with Gasteiger partial charge in [0, 0.05) is 30.8 Å². The minimum absolute atomic E-state index is 0.0160. The van der Waals surface area contributed by atoms with Gasteiger partial charge in [-0.25, -0.2) is 19.4 Å². The molecule has 1 saturated carbocycles. The van der Waals surface area contributed by atoms with E-state index in [1.165, 1.54) is 25.6 Å². The molecule has 2 aliphatic rings. The normalized spacial score (nSPS) is 17.9. The first kappa shape index (κ1) is 25.3. The number of urea groups is 1. The molecule has 0 unspecified atom stereocenters. The molecule has 1 saturated heterocycles. The Morgan fingerprint density at radius 2 is 1.89 bits per heavy atom. The van der Waals surface area contributed by atoms with E-state index in [0.717, 1.165) is 33.4 Å². The molecule has 2 fully saturated rings. The topological polar surface area (TPSA) is 111 Å². The number of hydrogen-bond donors (Lipinski definition) is 0. The van der Waals surface area contributed by atoms with Gasteiger partial charge in [0.05, 0.1) is 12.6 Å². The van der Waals surface area contributed by atoms with E-state index in [9.17, 15) is 27.6 Å². The van der Waals surface area contributed by atoms with Gasteiger partial charge in [-0.15, -0.1) is 5.10 Å². The van der Waals surface area contributed by atoms with Crippen LogP contribution in [0, 0.1) is 0 Å². The Morgan fingerprint density at radius 1 is 1.19 bits per heavy atom. The fourth-order valence-electron chi connectivity index (χ4n) is 3.60. The first-order valence-corrected chi connectivity index (χ1v) is 11.3. The van der Waals surface area contributed by atoms with E-state index in [1.54, 1.807) is 20.8 Å². The van der Waals surface area contributed by atoms with Crippen molar-refractivity contribution < 1.29 is 32.3 Å². The summed E-state index contributed by atoms with van der Waals surface area (Å²) >= 11 is 0. The van der Waals surface area contributed by atoms with Crippen LogP contribution in [-0.2, 0) is 20.5 Å². The highest BCUT2D eigenvalue weighted by atomic mass is 19.4. The minimum atomic E-state index is -4.62. The summed E-state index contributed by atoms with van der Waals surface area (Å²) in [5, 5.41) is 4.17. The number of ether oxygens (including phenoxy) is 1. The quantitative estimate of drug-likeness (QED) is 0.334. The van der Waals surface area contributed by atoms with E-state index in [-0.39, 0.29) is 36.0 Å². The lowest BCUT2D eigenvalue weighted by atomic mass is 10.1. The molecule has 1 aliphatic heterocycles. The van der Waals surface area contributed by atoms with E-state index < -0.39 is 35.4 Å². The first-order valence-electron chi connectivity index (χ1n) is 11.3. The van der Waals surface area contributed by atoms with Crippen molar-refractivity contribution in [2.45, 2.75) is 57.7 Å². The molecule has 2 aromatic heterocycles. The van der Waals surface area contributed by atoms with Crippen LogP contribution in [0.25, 0.3) is 17.6 Å². The van der Waals surface area contributed by atoms with Crippen molar-refractivity contribution in [2.24, 2.45) is 0 Å². The Hall–Kier alpha value is -3.77. The Labute approximate surface area is 204 Å². The molecule has 10 nitrogen and oxygen atoms in total. The summed E-state index contributed by atoms with van der Waals surface area (Å²) in [5.74, 6) is -1.20. The standard InChI is InChI=1S/C23H25F3N6O4/c1-22(2,3)36-18(33)7-8-32-20(34)16(30(4)21(32)35)11-31-12-27-19(29-31)14-9-15(13-5-6-13)28-17(10-14)23(24,25)26/h9-13H,5-8H2,1-4H3/b16-11-. The van der Waals surface area contributed by atoms with Gasteiger partial charge in [-0.1, -0.05) is 0 Å². The number of halogens is 3. The van der Waals surface area contributed by atoms with Crippen molar-refractivity contribution in [3.05, 3.63) is 35.5 Å².